The number of phenols is 1. The number of anilines is 2. The molecule has 0 spiro atoms. The van der Waals surface area contributed by atoms with Crippen LogP contribution < -0.4 is 10.6 Å². The third-order valence-electron chi connectivity index (χ3n) is 4.27. The number of carbonyl (C=O) groups is 2. The van der Waals surface area contributed by atoms with Crippen LogP contribution in [0.15, 0.2) is 59.9 Å². The van der Waals surface area contributed by atoms with Gasteiger partial charge in [-0.25, -0.2) is 4.79 Å². The molecule has 6 heteroatoms. The normalized spacial score (nSPS) is 15.5. The molecule has 0 amide bonds. The second kappa shape index (κ2) is 5.52. The second-order valence-corrected chi connectivity index (χ2v) is 5.80. The highest BCUT2D eigenvalue weighted by atomic mass is 16.4. The van der Waals surface area contributed by atoms with Gasteiger partial charge in [0.05, 0.1) is 28.3 Å². The van der Waals surface area contributed by atoms with Crippen LogP contribution in [0, 0.1) is 0 Å². The Bertz CT molecular complexity index is 989. The zero-order chi connectivity index (χ0) is 17.6. The van der Waals surface area contributed by atoms with E-state index in [1.165, 1.54) is 18.2 Å². The Labute approximate surface area is 143 Å². The van der Waals surface area contributed by atoms with E-state index in [4.69, 9.17) is 0 Å². The maximum atomic E-state index is 12.6. The Morgan fingerprint density at radius 1 is 1.00 bits per heavy atom. The van der Waals surface area contributed by atoms with Gasteiger partial charge < -0.3 is 20.8 Å². The number of aromatic hydroxyl groups is 1. The number of fused-ring (bicyclic) bond motifs is 2. The summed E-state index contributed by atoms with van der Waals surface area (Å²) in [5.74, 6) is -1.86. The summed E-state index contributed by atoms with van der Waals surface area (Å²) < 4.78 is 0. The smallest absolute Gasteiger partial charge is 0.340 e. The Morgan fingerprint density at radius 2 is 1.72 bits per heavy atom. The lowest BCUT2D eigenvalue weighted by molar-refractivity contribution is -0.113. The van der Waals surface area contributed by atoms with Gasteiger partial charge in [0.15, 0.2) is 5.78 Å². The van der Waals surface area contributed by atoms with Crippen molar-refractivity contribution in [1.29, 1.82) is 0 Å². The van der Waals surface area contributed by atoms with Crippen LogP contribution in [0.5, 0.6) is 5.75 Å². The molecule has 0 radical (unpaired) electrons. The SMILES string of the molecule is O=C1CC=C2Nc3ccccc3NC2=C1c1cccc(O)c1C(=O)O. The number of Topliss-reactive ketones (excluding diaryl/α,β-unsaturated/α-hetero) is 1. The minimum atomic E-state index is -1.28. The van der Waals surface area contributed by atoms with E-state index in [0.29, 0.717) is 11.4 Å². The first kappa shape index (κ1) is 15.0. The van der Waals surface area contributed by atoms with E-state index in [-0.39, 0.29) is 34.7 Å². The van der Waals surface area contributed by atoms with Gasteiger partial charge >= 0.3 is 5.97 Å². The molecule has 1 aliphatic heterocycles. The van der Waals surface area contributed by atoms with Crippen molar-refractivity contribution in [2.45, 2.75) is 6.42 Å². The first-order valence-corrected chi connectivity index (χ1v) is 7.73. The number of hydrogen-bond donors (Lipinski definition) is 4. The zero-order valence-corrected chi connectivity index (χ0v) is 13.0. The third kappa shape index (κ3) is 2.35. The minimum Gasteiger partial charge on any atom is -0.507 e. The average Bonchev–Trinajstić information content (AvgIpc) is 2.59. The van der Waals surface area contributed by atoms with Crippen LogP contribution in [0.4, 0.5) is 11.4 Å². The van der Waals surface area contributed by atoms with Gasteiger partial charge in [0, 0.05) is 12.0 Å². The molecule has 25 heavy (non-hydrogen) atoms. The van der Waals surface area contributed by atoms with Gasteiger partial charge in [-0.2, -0.15) is 0 Å². The first-order valence-electron chi connectivity index (χ1n) is 7.73. The highest BCUT2D eigenvalue weighted by Crippen LogP contribution is 2.40. The number of hydrogen-bond acceptors (Lipinski definition) is 5. The zero-order valence-electron chi connectivity index (χ0n) is 13.0. The molecule has 0 atom stereocenters. The molecule has 0 bridgehead atoms. The molecule has 2 aliphatic rings. The van der Waals surface area contributed by atoms with E-state index in [0.717, 1.165) is 11.4 Å². The number of allylic oxidation sites excluding steroid dienone is 2. The molecule has 0 fully saturated rings. The molecule has 2 aromatic carbocycles. The van der Waals surface area contributed by atoms with Gasteiger partial charge in [-0.3, -0.25) is 4.79 Å². The molecule has 0 saturated heterocycles. The van der Waals surface area contributed by atoms with E-state index in [2.05, 4.69) is 10.6 Å². The lowest BCUT2D eigenvalue weighted by atomic mass is 9.88. The number of benzene rings is 2. The fourth-order valence-electron chi connectivity index (χ4n) is 3.16. The molecule has 4 rings (SSSR count). The Balaban J connectivity index is 1.96. The van der Waals surface area contributed by atoms with Crippen LogP contribution in [-0.2, 0) is 4.79 Å². The highest BCUT2D eigenvalue weighted by Gasteiger charge is 2.31. The molecule has 124 valence electrons. The van der Waals surface area contributed by atoms with Crippen molar-refractivity contribution in [3.05, 3.63) is 71.1 Å². The van der Waals surface area contributed by atoms with E-state index in [9.17, 15) is 19.8 Å². The van der Waals surface area contributed by atoms with Crippen molar-refractivity contribution in [2.75, 3.05) is 10.6 Å². The summed E-state index contributed by atoms with van der Waals surface area (Å²) in [6, 6.07) is 11.9. The summed E-state index contributed by atoms with van der Waals surface area (Å²) in [5, 5.41) is 25.9. The Kier molecular flexibility index (Phi) is 3.32. The first-order chi connectivity index (χ1) is 12.1. The lowest BCUT2D eigenvalue weighted by Gasteiger charge is -2.30. The van der Waals surface area contributed by atoms with Crippen molar-refractivity contribution < 1.29 is 19.8 Å². The van der Waals surface area contributed by atoms with Crippen LogP contribution in [0.25, 0.3) is 5.57 Å². The van der Waals surface area contributed by atoms with Crippen molar-refractivity contribution in [3.8, 4) is 5.75 Å². The molecular weight excluding hydrogens is 320 g/mol. The quantitative estimate of drug-likeness (QED) is 0.673. The van der Waals surface area contributed by atoms with Gasteiger partial charge in [-0.05, 0) is 18.2 Å². The fourth-order valence-corrected chi connectivity index (χ4v) is 3.16. The molecule has 0 unspecified atom stereocenters. The lowest BCUT2D eigenvalue weighted by Crippen LogP contribution is -2.24. The van der Waals surface area contributed by atoms with Crippen molar-refractivity contribution >= 4 is 28.7 Å². The summed E-state index contributed by atoms with van der Waals surface area (Å²) in [4.78, 5) is 24.2. The third-order valence-corrected chi connectivity index (χ3v) is 4.27. The number of carboxylic acids is 1. The van der Waals surface area contributed by atoms with Gasteiger partial charge in [0.1, 0.15) is 11.3 Å². The molecule has 0 saturated carbocycles. The average molecular weight is 334 g/mol. The van der Waals surface area contributed by atoms with Crippen LogP contribution in [-0.4, -0.2) is 22.0 Å². The predicted molar refractivity (Wildman–Crippen MR) is 93.4 cm³/mol. The summed E-state index contributed by atoms with van der Waals surface area (Å²) in [7, 11) is 0. The van der Waals surface area contributed by atoms with Crippen molar-refractivity contribution in [2.24, 2.45) is 0 Å². The second-order valence-electron chi connectivity index (χ2n) is 5.80. The number of rotatable bonds is 2. The number of carbonyl (C=O) groups excluding carboxylic acids is 1. The summed E-state index contributed by atoms with van der Waals surface area (Å²) in [6.45, 7) is 0. The van der Waals surface area contributed by atoms with Crippen molar-refractivity contribution in [3.63, 3.8) is 0 Å². The topological polar surface area (TPSA) is 98.7 Å². The number of aromatic carboxylic acids is 1. The Morgan fingerprint density at radius 3 is 2.44 bits per heavy atom. The fraction of sp³-hybridized carbons (Fsp3) is 0.0526. The van der Waals surface area contributed by atoms with Crippen LogP contribution in [0.3, 0.4) is 0 Å². The molecule has 2 aromatic rings. The minimum absolute atomic E-state index is 0.153. The van der Waals surface area contributed by atoms with Crippen LogP contribution in [0.2, 0.25) is 0 Å². The van der Waals surface area contributed by atoms with E-state index < -0.39 is 5.97 Å². The number of para-hydroxylation sites is 2. The van der Waals surface area contributed by atoms with Gasteiger partial charge in [-0.1, -0.05) is 30.3 Å². The van der Waals surface area contributed by atoms with Crippen LogP contribution in [0.1, 0.15) is 22.3 Å². The molecule has 4 N–H and O–H groups in total. The maximum absolute atomic E-state index is 12.6. The van der Waals surface area contributed by atoms with E-state index in [1.807, 2.05) is 24.3 Å². The van der Waals surface area contributed by atoms with E-state index in [1.54, 1.807) is 6.08 Å². The van der Waals surface area contributed by atoms with Gasteiger partial charge in [-0.15, -0.1) is 0 Å². The number of carboxylic acid groups (broad SMARTS) is 1. The van der Waals surface area contributed by atoms with Gasteiger partial charge in [0.25, 0.3) is 0 Å². The predicted octanol–water partition coefficient (Wildman–Crippen LogP) is 3.20. The summed E-state index contributed by atoms with van der Waals surface area (Å²) in [5.41, 5.74) is 3.08. The molecular formula is C19H14N2O4. The highest BCUT2D eigenvalue weighted by molar-refractivity contribution is 6.26. The summed E-state index contributed by atoms with van der Waals surface area (Å²) in [6.07, 6.45) is 1.92. The molecule has 6 nitrogen and oxygen atoms in total. The largest absolute Gasteiger partial charge is 0.507 e. The summed E-state index contributed by atoms with van der Waals surface area (Å²) >= 11 is 0. The molecule has 0 aromatic heterocycles. The Hall–Kier alpha value is -3.54. The van der Waals surface area contributed by atoms with Crippen LogP contribution >= 0.6 is 0 Å². The van der Waals surface area contributed by atoms with E-state index >= 15 is 0 Å². The molecule has 1 aliphatic carbocycles. The number of ketones is 1. The maximum Gasteiger partial charge on any atom is 0.340 e. The number of nitrogens with one attached hydrogen (secondary N) is 2. The van der Waals surface area contributed by atoms with Gasteiger partial charge in [0.2, 0.25) is 0 Å². The standard InChI is InChI=1S/C19H14N2O4/c22-14-7-3-4-10(17(14)19(24)25)16-15(23)9-8-13-18(16)21-12-6-2-1-5-11(12)20-13/h1-8,20-22H,9H2,(H,24,25). The molecule has 1 heterocycles. The van der Waals surface area contributed by atoms with Crippen molar-refractivity contribution in [1.82, 2.24) is 0 Å². The monoisotopic (exact) mass is 334 g/mol.